The van der Waals surface area contributed by atoms with Gasteiger partial charge in [-0.3, -0.25) is 13.9 Å². The number of rotatable bonds is 15. The second kappa shape index (κ2) is 15.6. The zero-order valence-corrected chi connectivity index (χ0v) is 27.0. The van der Waals surface area contributed by atoms with Gasteiger partial charge in [-0.25, -0.2) is 12.8 Å². The van der Waals surface area contributed by atoms with Gasteiger partial charge < -0.3 is 19.7 Å². The first-order valence-corrected chi connectivity index (χ1v) is 16.0. The number of methoxy groups -OCH3 is 2. The molecule has 0 aliphatic heterocycles. The number of anilines is 1. The lowest BCUT2D eigenvalue weighted by atomic mass is 10.1. The Morgan fingerprint density at radius 2 is 1.55 bits per heavy atom. The Kier molecular flexibility index (Phi) is 12.2. The summed E-state index contributed by atoms with van der Waals surface area (Å²) in [5, 5.41) is 2.89. The molecule has 0 saturated carbocycles. The van der Waals surface area contributed by atoms with E-state index in [9.17, 15) is 22.4 Å². The van der Waals surface area contributed by atoms with Crippen molar-refractivity contribution in [3.05, 3.63) is 83.2 Å². The molecule has 1 N–H and O–H groups in total. The molecule has 3 aromatic carbocycles. The molecular weight excluding hydrogens is 585 g/mol. The van der Waals surface area contributed by atoms with E-state index in [0.29, 0.717) is 23.5 Å². The highest BCUT2D eigenvalue weighted by Gasteiger charge is 2.34. The van der Waals surface area contributed by atoms with Gasteiger partial charge in [-0.1, -0.05) is 38.5 Å². The molecule has 1 unspecified atom stereocenters. The molecule has 238 valence electrons. The molecule has 44 heavy (non-hydrogen) atoms. The quantitative estimate of drug-likeness (QED) is 0.227. The van der Waals surface area contributed by atoms with Crippen LogP contribution in [0.2, 0.25) is 0 Å². The number of nitrogens with one attached hydrogen (secondary N) is 1. The Bertz CT molecular complexity index is 1530. The van der Waals surface area contributed by atoms with E-state index in [2.05, 4.69) is 5.32 Å². The van der Waals surface area contributed by atoms with Crippen molar-refractivity contribution in [2.24, 2.45) is 0 Å². The molecule has 3 rings (SSSR count). The zero-order valence-electron chi connectivity index (χ0n) is 26.2. The normalized spacial score (nSPS) is 11.9. The van der Waals surface area contributed by atoms with Gasteiger partial charge in [0.25, 0.3) is 10.0 Å². The van der Waals surface area contributed by atoms with Crippen molar-refractivity contribution in [2.75, 3.05) is 31.6 Å². The number of benzene rings is 3. The third-order valence-corrected chi connectivity index (χ3v) is 8.97. The van der Waals surface area contributed by atoms with Crippen molar-refractivity contribution in [2.45, 2.75) is 64.4 Å². The fourth-order valence-corrected chi connectivity index (χ4v) is 6.35. The van der Waals surface area contributed by atoms with Gasteiger partial charge >= 0.3 is 0 Å². The first-order chi connectivity index (χ1) is 20.9. The molecule has 11 heteroatoms. The highest BCUT2D eigenvalue weighted by molar-refractivity contribution is 7.92. The van der Waals surface area contributed by atoms with Crippen LogP contribution in [0.5, 0.6) is 11.5 Å². The van der Waals surface area contributed by atoms with Crippen molar-refractivity contribution in [3.8, 4) is 11.5 Å². The Labute approximate surface area is 260 Å². The smallest absolute Gasteiger partial charge is 0.264 e. The van der Waals surface area contributed by atoms with Crippen molar-refractivity contribution in [1.82, 2.24) is 10.2 Å². The maximum atomic E-state index is 14.3. The number of amides is 2. The van der Waals surface area contributed by atoms with E-state index in [1.807, 2.05) is 26.8 Å². The lowest BCUT2D eigenvalue weighted by molar-refractivity contribution is -0.140. The first-order valence-electron chi connectivity index (χ1n) is 14.6. The molecule has 3 aromatic rings. The van der Waals surface area contributed by atoms with Crippen molar-refractivity contribution >= 4 is 27.5 Å². The van der Waals surface area contributed by atoms with Gasteiger partial charge in [0.1, 0.15) is 18.4 Å². The van der Waals surface area contributed by atoms with E-state index in [1.165, 1.54) is 49.5 Å². The van der Waals surface area contributed by atoms with Gasteiger partial charge in [0.15, 0.2) is 11.5 Å². The summed E-state index contributed by atoms with van der Waals surface area (Å²) < 4.78 is 53.9. The molecule has 0 aromatic heterocycles. The predicted molar refractivity (Wildman–Crippen MR) is 169 cm³/mol. The number of carbonyl (C=O) groups excluding carboxylic acids is 2. The number of nitrogens with zero attached hydrogens (tertiary/aromatic N) is 2. The number of halogens is 1. The number of unbranched alkanes of at least 4 members (excludes halogenated alkanes) is 1. The fourth-order valence-electron chi connectivity index (χ4n) is 4.94. The highest BCUT2D eigenvalue weighted by atomic mass is 32.2. The Morgan fingerprint density at radius 1 is 0.909 bits per heavy atom. The van der Waals surface area contributed by atoms with Gasteiger partial charge in [-0.15, -0.1) is 0 Å². The monoisotopic (exact) mass is 627 g/mol. The van der Waals surface area contributed by atoms with Crippen molar-refractivity contribution in [3.63, 3.8) is 0 Å². The number of hydrogen-bond donors (Lipinski definition) is 1. The maximum absolute atomic E-state index is 14.3. The zero-order chi connectivity index (χ0) is 32.4. The third-order valence-electron chi connectivity index (χ3n) is 7.20. The molecule has 0 aliphatic carbocycles. The average molecular weight is 628 g/mol. The molecule has 0 radical (unpaired) electrons. The lowest BCUT2D eigenvalue weighted by Gasteiger charge is -2.33. The van der Waals surface area contributed by atoms with E-state index < -0.39 is 34.3 Å². The summed E-state index contributed by atoms with van der Waals surface area (Å²) in [6.07, 6.45) is 1.95. The van der Waals surface area contributed by atoms with Crippen LogP contribution in [-0.4, -0.2) is 58.5 Å². The molecule has 0 fully saturated rings. The predicted octanol–water partition coefficient (Wildman–Crippen LogP) is 5.38. The summed E-state index contributed by atoms with van der Waals surface area (Å²) in [5.41, 5.74) is 2.52. The number of ether oxygens (including phenoxy) is 2. The molecular formula is C33H42FN3O6S. The van der Waals surface area contributed by atoms with Crippen LogP contribution < -0.4 is 19.1 Å². The average Bonchev–Trinajstić information content (AvgIpc) is 2.99. The molecule has 9 nitrogen and oxygen atoms in total. The third kappa shape index (κ3) is 8.49. The molecule has 2 amide bonds. The van der Waals surface area contributed by atoms with E-state index >= 15 is 0 Å². The van der Waals surface area contributed by atoms with Gasteiger partial charge in [0.2, 0.25) is 11.8 Å². The topological polar surface area (TPSA) is 105 Å². The summed E-state index contributed by atoms with van der Waals surface area (Å²) in [6.45, 7) is 7.33. The van der Waals surface area contributed by atoms with Gasteiger partial charge in [-0.05, 0) is 79.8 Å². The Hall–Kier alpha value is -4.12. The summed E-state index contributed by atoms with van der Waals surface area (Å²) in [4.78, 5) is 28.8. The van der Waals surface area contributed by atoms with Crippen molar-refractivity contribution < 1.29 is 31.9 Å². The molecule has 0 saturated heterocycles. The minimum Gasteiger partial charge on any atom is -0.493 e. The van der Waals surface area contributed by atoms with Crippen molar-refractivity contribution in [1.29, 1.82) is 0 Å². The van der Waals surface area contributed by atoms with Crippen LogP contribution in [0, 0.1) is 19.7 Å². The lowest BCUT2D eigenvalue weighted by Crippen LogP contribution is -2.52. The maximum Gasteiger partial charge on any atom is 0.264 e. The number of sulfonamides is 1. The molecule has 0 bridgehead atoms. The number of hydrogen-bond acceptors (Lipinski definition) is 6. The van der Waals surface area contributed by atoms with E-state index in [1.54, 1.807) is 31.2 Å². The fraction of sp³-hybridized carbons (Fsp3) is 0.394. The van der Waals surface area contributed by atoms with Crippen LogP contribution in [0.15, 0.2) is 65.6 Å². The molecule has 0 heterocycles. The van der Waals surface area contributed by atoms with Crippen LogP contribution in [0.1, 0.15) is 49.8 Å². The largest absolute Gasteiger partial charge is 0.493 e. The molecule has 0 aliphatic rings. The standard InChI is InChI=1S/C33H42FN3O6S/c1-7-9-16-35-33(39)29(8-2)36(21-25-10-12-26(34)13-11-25)32(38)22-37(27-18-23(3)17-24(4)19-27)44(40,41)28-14-15-30(42-5)31(20-28)43-6/h10-15,17-20,29H,7-9,16,21-22H2,1-6H3,(H,35,39). The summed E-state index contributed by atoms with van der Waals surface area (Å²) in [5.74, 6) is -0.788. The minimum atomic E-state index is -4.32. The molecule has 0 spiro atoms. The van der Waals surface area contributed by atoms with Gasteiger partial charge in [-0.2, -0.15) is 0 Å². The van der Waals surface area contributed by atoms with E-state index in [4.69, 9.17) is 9.47 Å². The van der Waals surface area contributed by atoms with Crippen LogP contribution in [0.3, 0.4) is 0 Å². The summed E-state index contributed by atoms with van der Waals surface area (Å²) >= 11 is 0. The van der Waals surface area contributed by atoms with Crippen LogP contribution in [0.25, 0.3) is 0 Å². The number of aryl methyl sites for hydroxylation is 2. The Morgan fingerprint density at radius 3 is 2.11 bits per heavy atom. The van der Waals surface area contributed by atoms with Crippen LogP contribution in [-0.2, 0) is 26.2 Å². The summed E-state index contributed by atoms with van der Waals surface area (Å²) in [6, 6.07) is 14.3. The Balaban J connectivity index is 2.11. The minimum absolute atomic E-state index is 0.0179. The summed E-state index contributed by atoms with van der Waals surface area (Å²) in [7, 11) is -1.47. The van der Waals surface area contributed by atoms with E-state index in [-0.39, 0.29) is 29.5 Å². The first kappa shape index (κ1) is 34.4. The molecule has 1 atom stereocenters. The van der Waals surface area contributed by atoms with Crippen LogP contribution in [0.4, 0.5) is 10.1 Å². The second-order valence-electron chi connectivity index (χ2n) is 10.6. The highest BCUT2D eigenvalue weighted by Crippen LogP contribution is 2.33. The second-order valence-corrected chi connectivity index (χ2v) is 12.5. The SMILES string of the molecule is CCCCNC(=O)C(CC)N(Cc1ccc(F)cc1)C(=O)CN(c1cc(C)cc(C)c1)S(=O)(=O)c1ccc(OC)c(OC)c1. The van der Waals surface area contributed by atoms with Gasteiger partial charge in [0, 0.05) is 19.2 Å². The number of carbonyl (C=O) groups is 2. The van der Waals surface area contributed by atoms with Crippen LogP contribution >= 0.6 is 0 Å². The van der Waals surface area contributed by atoms with E-state index in [0.717, 1.165) is 28.3 Å². The van der Waals surface area contributed by atoms with Gasteiger partial charge in [0.05, 0.1) is 24.8 Å².